The number of hydrogen-bond donors (Lipinski definition) is 2. The largest absolute Gasteiger partial charge is 0.480 e. The number of aliphatic carboxylic acids is 1. The van der Waals surface area contributed by atoms with Crippen LogP contribution in [0.25, 0.3) is 0 Å². The SMILES string of the molecule is CCC(C)(C(=O)O)C(=O)Nc1ccc(Cl)cn1. The van der Waals surface area contributed by atoms with Crippen molar-refractivity contribution in [3.05, 3.63) is 23.4 Å². The molecule has 0 fully saturated rings. The van der Waals surface area contributed by atoms with Crippen LogP contribution in [0.1, 0.15) is 20.3 Å². The molecule has 6 heteroatoms. The number of halogens is 1. The van der Waals surface area contributed by atoms with Crippen molar-refractivity contribution in [1.82, 2.24) is 4.98 Å². The first kappa shape index (κ1) is 13.4. The number of hydrogen-bond acceptors (Lipinski definition) is 3. The fourth-order valence-electron chi connectivity index (χ4n) is 1.11. The van der Waals surface area contributed by atoms with Crippen LogP contribution in [-0.2, 0) is 9.59 Å². The summed E-state index contributed by atoms with van der Waals surface area (Å²) in [7, 11) is 0. The van der Waals surface area contributed by atoms with E-state index in [2.05, 4.69) is 10.3 Å². The van der Waals surface area contributed by atoms with E-state index in [0.717, 1.165) is 0 Å². The highest BCUT2D eigenvalue weighted by Gasteiger charge is 2.39. The summed E-state index contributed by atoms with van der Waals surface area (Å²) in [6.45, 7) is 3.02. The van der Waals surface area contributed by atoms with E-state index >= 15 is 0 Å². The number of aromatic nitrogens is 1. The molecule has 1 atom stereocenters. The third-order valence-electron chi connectivity index (χ3n) is 2.65. The Morgan fingerprint density at radius 3 is 2.59 bits per heavy atom. The summed E-state index contributed by atoms with van der Waals surface area (Å²) in [5.41, 5.74) is -1.46. The van der Waals surface area contributed by atoms with Gasteiger partial charge in [0.15, 0.2) is 0 Å². The molecule has 92 valence electrons. The first-order valence-corrected chi connectivity index (χ1v) is 5.44. The van der Waals surface area contributed by atoms with Gasteiger partial charge < -0.3 is 10.4 Å². The number of rotatable bonds is 4. The third kappa shape index (κ3) is 2.94. The highest BCUT2D eigenvalue weighted by Crippen LogP contribution is 2.23. The molecule has 17 heavy (non-hydrogen) atoms. The molecule has 1 amide bonds. The van der Waals surface area contributed by atoms with Gasteiger partial charge in [-0.05, 0) is 25.5 Å². The Hall–Kier alpha value is -1.62. The molecule has 0 saturated heterocycles. The highest BCUT2D eigenvalue weighted by atomic mass is 35.5. The monoisotopic (exact) mass is 256 g/mol. The van der Waals surface area contributed by atoms with Crippen LogP contribution >= 0.6 is 11.6 Å². The standard InChI is InChI=1S/C11H13ClN2O3/c1-3-11(2,10(16)17)9(15)14-8-5-4-7(12)6-13-8/h4-6H,3H2,1-2H3,(H,16,17)(H,13,14,15). The van der Waals surface area contributed by atoms with Crippen LogP contribution < -0.4 is 5.32 Å². The number of nitrogens with one attached hydrogen (secondary N) is 1. The summed E-state index contributed by atoms with van der Waals surface area (Å²) in [6, 6.07) is 3.08. The van der Waals surface area contributed by atoms with Gasteiger partial charge in [-0.3, -0.25) is 9.59 Å². The van der Waals surface area contributed by atoms with Gasteiger partial charge in [0, 0.05) is 6.20 Å². The zero-order valence-electron chi connectivity index (χ0n) is 9.53. The molecule has 0 aliphatic heterocycles. The third-order valence-corrected chi connectivity index (χ3v) is 2.87. The van der Waals surface area contributed by atoms with Gasteiger partial charge in [0.1, 0.15) is 11.2 Å². The molecule has 0 radical (unpaired) electrons. The Labute approximate surface area is 104 Å². The summed E-state index contributed by atoms with van der Waals surface area (Å²) in [6.07, 6.45) is 1.57. The average Bonchev–Trinajstić information content (AvgIpc) is 2.30. The zero-order chi connectivity index (χ0) is 13.1. The summed E-state index contributed by atoms with van der Waals surface area (Å²) in [4.78, 5) is 26.7. The quantitative estimate of drug-likeness (QED) is 0.809. The second kappa shape index (κ2) is 5.14. The molecule has 1 heterocycles. The predicted molar refractivity (Wildman–Crippen MR) is 63.9 cm³/mol. The molecule has 0 aromatic carbocycles. The molecule has 1 aromatic rings. The molecule has 5 nitrogen and oxygen atoms in total. The van der Waals surface area contributed by atoms with Gasteiger partial charge in [-0.2, -0.15) is 0 Å². The van der Waals surface area contributed by atoms with E-state index in [9.17, 15) is 9.59 Å². The normalized spacial score (nSPS) is 13.8. The van der Waals surface area contributed by atoms with Gasteiger partial charge in [0.05, 0.1) is 5.02 Å². The van der Waals surface area contributed by atoms with E-state index in [0.29, 0.717) is 5.02 Å². The van der Waals surface area contributed by atoms with Crippen molar-refractivity contribution in [3.8, 4) is 0 Å². The van der Waals surface area contributed by atoms with Crippen LogP contribution in [0.15, 0.2) is 18.3 Å². The van der Waals surface area contributed by atoms with Gasteiger partial charge in [-0.15, -0.1) is 0 Å². The Morgan fingerprint density at radius 2 is 2.18 bits per heavy atom. The van der Waals surface area contributed by atoms with Crippen molar-refractivity contribution in [3.63, 3.8) is 0 Å². The molecule has 2 N–H and O–H groups in total. The molecule has 1 aromatic heterocycles. The van der Waals surface area contributed by atoms with E-state index in [1.807, 2.05) is 0 Å². The smallest absolute Gasteiger partial charge is 0.318 e. The highest BCUT2D eigenvalue weighted by molar-refractivity contribution is 6.30. The van der Waals surface area contributed by atoms with Gasteiger partial charge in [0.2, 0.25) is 5.91 Å². The number of amides is 1. The van der Waals surface area contributed by atoms with Crippen LogP contribution in [-0.4, -0.2) is 22.0 Å². The Kier molecular flexibility index (Phi) is 4.07. The Balaban J connectivity index is 2.85. The van der Waals surface area contributed by atoms with Crippen molar-refractivity contribution in [2.24, 2.45) is 5.41 Å². The zero-order valence-corrected chi connectivity index (χ0v) is 10.3. The number of anilines is 1. The van der Waals surface area contributed by atoms with Crippen LogP contribution in [0.3, 0.4) is 0 Å². The van der Waals surface area contributed by atoms with Crippen molar-refractivity contribution in [1.29, 1.82) is 0 Å². The Bertz CT molecular complexity index is 433. The maximum atomic E-state index is 11.8. The molecular formula is C11H13ClN2O3. The van der Waals surface area contributed by atoms with Gasteiger partial charge in [-0.25, -0.2) is 4.98 Å². The van der Waals surface area contributed by atoms with E-state index in [1.165, 1.54) is 19.2 Å². The fourth-order valence-corrected chi connectivity index (χ4v) is 1.22. The van der Waals surface area contributed by atoms with E-state index in [4.69, 9.17) is 16.7 Å². The lowest BCUT2D eigenvalue weighted by atomic mass is 9.87. The molecule has 0 aliphatic rings. The van der Waals surface area contributed by atoms with Crippen molar-refractivity contribution >= 4 is 29.3 Å². The first-order chi connectivity index (χ1) is 7.90. The minimum absolute atomic E-state index is 0.196. The number of carboxylic acids is 1. The predicted octanol–water partition coefficient (Wildman–Crippen LogP) is 2.17. The number of nitrogens with zero attached hydrogens (tertiary/aromatic N) is 1. The van der Waals surface area contributed by atoms with Crippen LogP contribution in [0.2, 0.25) is 5.02 Å². The number of carbonyl (C=O) groups excluding carboxylic acids is 1. The summed E-state index contributed by atoms with van der Waals surface area (Å²) in [5.74, 6) is -1.48. The van der Waals surface area contributed by atoms with Crippen LogP contribution in [0.4, 0.5) is 5.82 Å². The minimum atomic E-state index is -1.46. The van der Waals surface area contributed by atoms with E-state index in [1.54, 1.807) is 13.0 Å². The lowest BCUT2D eigenvalue weighted by Gasteiger charge is -2.21. The van der Waals surface area contributed by atoms with E-state index < -0.39 is 17.3 Å². The topological polar surface area (TPSA) is 79.3 Å². The molecule has 1 rings (SSSR count). The Morgan fingerprint density at radius 1 is 1.53 bits per heavy atom. The number of carbonyl (C=O) groups is 2. The molecule has 0 saturated carbocycles. The average molecular weight is 257 g/mol. The summed E-state index contributed by atoms with van der Waals surface area (Å²) in [5, 5.41) is 11.9. The van der Waals surface area contributed by atoms with Crippen LogP contribution in [0, 0.1) is 5.41 Å². The second-order valence-electron chi connectivity index (χ2n) is 3.81. The first-order valence-electron chi connectivity index (χ1n) is 5.06. The lowest BCUT2D eigenvalue weighted by Crippen LogP contribution is -2.40. The van der Waals surface area contributed by atoms with Crippen molar-refractivity contribution in [2.75, 3.05) is 5.32 Å². The second-order valence-corrected chi connectivity index (χ2v) is 4.24. The fraction of sp³-hybridized carbons (Fsp3) is 0.364. The lowest BCUT2D eigenvalue weighted by molar-refractivity contribution is -0.152. The molecule has 0 aliphatic carbocycles. The van der Waals surface area contributed by atoms with Crippen molar-refractivity contribution in [2.45, 2.75) is 20.3 Å². The van der Waals surface area contributed by atoms with Crippen LogP contribution in [0.5, 0.6) is 0 Å². The molecule has 0 bridgehead atoms. The number of pyridine rings is 1. The summed E-state index contributed by atoms with van der Waals surface area (Å²) < 4.78 is 0. The molecule has 0 spiro atoms. The summed E-state index contributed by atoms with van der Waals surface area (Å²) >= 11 is 5.65. The minimum Gasteiger partial charge on any atom is -0.480 e. The van der Waals surface area contributed by atoms with E-state index in [-0.39, 0.29) is 12.2 Å². The maximum absolute atomic E-state index is 11.8. The number of carboxylic acid groups (broad SMARTS) is 1. The van der Waals surface area contributed by atoms with Crippen molar-refractivity contribution < 1.29 is 14.7 Å². The maximum Gasteiger partial charge on any atom is 0.318 e. The van der Waals surface area contributed by atoms with Gasteiger partial charge in [0.25, 0.3) is 0 Å². The van der Waals surface area contributed by atoms with Gasteiger partial charge in [-0.1, -0.05) is 18.5 Å². The van der Waals surface area contributed by atoms with Gasteiger partial charge >= 0.3 is 5.97 Å². The molecular weight excluding hydrogens is 244 g/mol. The molecule has 1 unspecified atom stereocenters.